The summed E-state index contributed by atoms with van der Waals surface area (Å²) in [7, 11) is 3.36. The second-order valence-electron chi connectivity index (χ2n) is 7.82. The van der Waals surface area contributed by atoms with Crippen molar-refractivity contribution in [3.8, 4) is 5.75 Å². The summed E-state index contributed by atoms with van der Waals surface area (Å²) >= 11 is 1.41. The Balaban J connectivity index is 1.26. The Morgan fingerprint density at radius 1 is 1.16 bits per heavy atom. The molecule has 3 aromatic heterocycles. The fourth-order valence-corrected chi connectivity index (χ4v) is 5.06. The Labute approximate surface area is 188 Å². The van der Waals surface area contributed by atoms with Gasteiger partial charge in [0, 0.05) is 57.8 Å². The predicted molar refractivity (Wildman–Crippen MR) is 124 cm³/mol. The number of amides is 1. The van der Waals surface area contributed by atoms with E-state index < -0.39 is 0 Å². The summed E-state index contributed by atoms with van der Waals surface area (Å²) < 4.78 is 9.38. The molecule has 0 atom stereocenters. The van der Waals surface area contributed by atoms with E-state index in [1.807, 2.05) is 38.9 Å². The van der Waals surface area contributed by atoms with Crippen molar-refractivity contribution in [3.63, 3.8) is 0 Å². The van der Waals surface area contributed by atoms with Crippen LogP contribution in [0.25, 0.3) is 16.0 Å². The number of fused-ring (bicyclic) bond motifs is 3. The Morgan fingerprint density at radius 3 is 2.75 bits per heavy atom. The summed E-state index contributed by atoms with van der Waals surface area (Å²) in [4.78, 5) is 29.5. The molecule has 0 bridgehead atoms. The first-order valence-electron chi connectivity index (χ1n) is 10.5. The van der Waals surface area contributed by atoms with Crippen LogP contribution in [0.4, 0.5) is 5.69 Å². The van der Waals surface area contributed by atoms with Crippen molar-refractivity contribution in [1.82, 2.24) is 24.1 Å². The van der Waals surface area contributed by atoms with Crippen LogP contribution in [0.1, 0.15) is 12.2 Å². The Kier molecular flexibility index (Phi) is 5.30. The molecule has 1 aliphatic heterocycles. The number of rotatable bonds is 5. The van der Waals surface area contributed by atoms with Gasteiger partial charge in [-0.3, -0.25) is 18.6 Å². The van der Waals surface area contributed by atoms with E-state index in [-0.39, 0.29) is 11.5 Å². The molecule has 0 spiro atoms. The van der Waals surface area contributed by atoms with Gasteiger partial charge in [-0.05, 0) is 23.6 Å². The summed E-state index contributed by atoms with van der Waals surface area (Å²) in [6.45, 7) is 2.93. The highest BCUT2D eigenvalue weighted by molar-refractivity contribution is 7.17. The summed E-state index contributed by atoms with van der Waals surface area (Å²) in [6.07, 6.45) is 0.827. The number of carbonyl (C=O) groups excluding carboxylic acids is 1. The van der Waals surface area contributed by atoms with Crippen LogP contribution in [-0.4, -0.2) is 63.3 Å². The number of aromatic nitrogens is 4. The lowest BCUT2D eigenvalue weighted by atomic mass is 10.2. The van der Waals surface area contributed by atoms with E-state index in [1.54, 1.807) is 14.2 Å². The Bertz CT molecular complexity index is 1350. The first kappa shape index (κ1) is 20.5. The van der Waals surface area contributed by atoms with Crippen molar-refractivity contribution in [3.05, 3.63) is 51.9 Å². The number of thiophene rings is 1. The average molecular weight is 453 g/mol. The van der Waals surface area contributed by atoms with E-state index in [1.165, 1.54) is 15.9 Å². The van der Waals surface area contributed by atoms with E-state index in [2.05, 4.69) is 21.2 Å². The number of ether oxygens (including phenoxy) is 1. The standard InChI is InChI=1S/C22H24N6O3S/c1-25-21(30)20-17(8-13-32-20)28-18(23-24-22(25)28)6-7-19(29)27-11-9-26(10-12-27)15-4-3-5-16(14-15)31-2/h3-5,8,13-14H,6-7,9-12H2,1-2H3. The van der Waals surface area contributed by atoms with Gasteiger partial charge in [0.05, 0.1) is 12.6 Å². The van der Waals surface area contributed by atoms with Gasteiger partial charge in [0.2, 0.25) is 11.7 Å². The fraction of sp³-hybridized carbons (Fsp3) is 0.364. The van der Waals surface area contributed by atoms with Crippen molar-refractivity contribution in [2.24, 2.45) is 7.05 Å². The second kappa shape index (κ2) is 8.27. The molecule has 32 heavy (non-hydrogen) atoms. The van der Waals surface area contributed by atoms with E-state index in [0.29, 0.717) is 42.2 Å². The van der Waals surface area contributed by atoms with Crippen molar-refractivity contribution in [2.75, 3.05) is 38.2 Å². The van der Waals surface area contributed by atoms with Crippen molar-refractivity contribution in [2.45, 2.75) is 12.8 Å². The number of benzene rings is 1. The molecule has 5 rings (SSSR count). The van der Waals surface area contributed by atoms with Gasteiger partial charge in [-0.25, -0.2) is 0 Å². The Morgan fingerprint density at radius 2 is 1.97 bits per heavy atom. The number of carbonyl (C=O) groups is 1. The smallest absolute Gasteiger partial charge is 0.272 e. The quantitative estimate of drug-likeness (QED) is 0.460. The molecule has 4 heterocycles. The van der Waals surface area contributed by atoms with Crippen LogP contribution in [-0.2, 0) is 18.3 Å². The molecule has 1 aromatic carbocycles. The first-order valence-corrected chi connectivity index (χ1v) is 11.4. The van der Waals surface area contributed by atoms with Gasteiger partial charge in [-0.15, -0.1) is 21.5 Å². The van der Waals surface area contributed by atoms with Crippen molar-refractivity contribution >= 4 is 38.9 Å². The highest BCUT2D eigenvalue weighted by Gasteiger charge is 2.23. The summed E-state index contributed by atoms with van der Waals surface area (Å²) in [6, 6.07) is 9.90. The largest absolute Gasteiger partial charge is 0.497 e. The molecule has 9 nitrogen and oxygen atoms in total. The highest BCUT2D eigenvalue weighted by Crippen LogP contribution is 2.23. The van der Waals surface area contributed by atoms with Gasteiger partial charge < -0.3 is 14.5 Å². The third-order valence-electron chi connectivity index (χ3n) is 6.01. The molecule has 1 amide bonds. The van der Waals surface area contributed by atoms with Crippen LogP contribution in [0.15, 0.2) is 40.5 Å². The minimum atomic E-state index is -0.0774. The van der Waals surface area contributed by atoms with Gasteiger partial charge in [0.25, 0.3) is 5.56 Å². The molecule has 0 radical (unpaired) electrons. The topological polar surface area (TPSA) is 85.0 Å². The fourth-order valence-electron chi connectivity index (χ4n) is 4.21. The normalized spacial score (nSPS) is 14.4. The summed E-state index contributed by atoms with van der Waals surface area (Å²) in [5.74, 6) is 2.13. The lowest BCUT2D eigenvalue weighted by molar-refractivity contribution is -0.131. The Hall–Kier alpha value is -3.40. The van der Waals surface area contributed by atoms with Crippen LogP contribution < -0.4 is 15.2 Å². The van der Waals surface area contributed by atoms with Gasteiger partial charge in [0.15, 0.2) is 0 Å². The molecular weight excluding hydrogens is 428 g/mol. The monoisotopic (exact) mass is 452 g/mol. The van der Waals surface area contributed by atoms with Crippen LogP contribution in [0.2, 0.25) is 0 Å². The van der Waals surface area contributed by atoms with E-state index in [0.717, 1.165) is 30.0 Å². The molecular formula is C22H24N6O3S. The molecule has 10 heteroatoms. The lowest BCUT2D eigenvalue weighted by Crippen LogP contribution is -2.48. The zero-order chi connectivity index (χ0) is 22.2. The predicted octanol–water partition coefficient (Wildman–Crippen LogP) is 1.93. The molecule has 0 saturated carbocycles. The van der Waals surface area contributed by atoms with Gasteiger partial charge >= 0.3 is 0 Å². The summed E-state index contributed by atoms with van der Waals surface area (Å²) in [5.41, 5.74) is 1.83. The van der Waals surface area contributed by atoms with Crippen LogP contribution in [0.5, 0.6) is 5.75 Å². The number of hydrogen-bond donors (Lipinski definition) is 0. The highest BCUT2D eigenvalue weighted by atomic mass is 32.1. The van der Waals surface area contributed by atoms with E-state index in [9.17, 15) is 9.59 Å². The summed E-state index contributed by atoms with van der Waals surface area (Å²) in [5, 5.41) is 10.4. The molecule has 4 aromatic rings. The van der Waals surface area contributed by atoms with Gasteiger partial charge in [-0.1, -0.05) is 6.07 Å². The minimum Gasteiger partial charge on any atom is -0.497 e. The second-order valence-corrected chi connectivity index (χ2v) is 8.74. The zero-order valence-electron chi connectivity index (χ0n) is 18.0. The minimum absolute atomic E-state index is 0.0774. The SMILES string of the molecule is COc1cccc(N2CCN(C(=O)CCc3nnc4n(C)c(=O)c5sccc5n34)CC2)c1. The molecule has 1 aliphatic rings. The van der Waals surface area contributed by atoms with Crippen LogP contribution >= 0.6 is 11.3 Å². The number of piperazine rings is 1. The molecule has 0 aliphatic carbocycles. The van der Waals surface area contributed by atoms with Crippen LogP contribution in [0.3, 0.4) is 0 Å². The first-order chi connectivity index (χ1) is 15.6. The van der Waals surface area contributed by atoms with E-state index >= 15 is 0 Å². The maximum absolute atomic E-state index is 12.9. The van der Waals surface area contributed by atoms with Crippen LogP contribution in [0, 0.1) is 0 Å². The molecule has 1 fully saturated rings. The van der Waals surface area contributed by atoms with Crippen molar-refractivity contribution < 1.29 is 9.53 Å². The third kappa shape index (κ3) is 3.50. The average Bonchev–Trinajstić information content (AvgIpc) is 3.48. The number of aryl methyl sites for hydroxylation is 2. The van der Waals surface area contributed by atoms with Crippen molar-refractivity contribution in [1.29, 1.82) is 0 Å². The number of anilines is 1. The molecule has 1 saturated heterocycles. The molecule has 166 valence electrons. The third-order valence-corrected chi connectivity index (χ3v) is 6.90. The zero-order valence-corrected chi connectivity index (χ0v) is 18.8. The maximum atomic E-state index is 12.9. The molecule has 0 N–H and O–H groups in total. The molecule has 0 unspecified atom stereocenters. The lowest BCUT2D eigenvalue weighted by Gasteiger charge is -2.36. The number of methoxy groups -OCH3 is 1. The maximum Gasteiger partial charge on any atom is 0.272 e. The van der Waals surface area contributed by atoms with Gasteiger partial charge in [-0.2, -0.15) is 0 Å². The van der Waals surface area contributed by atoms with E-state index in [4.69, 9.17) is 4.74 Å². The number of hydrogen-bond acceptors (Lipinski definition) is 7. The van der Waals surface area contributed by atoms with Gasteiger partial charge in [0.1, 0.15) is 16.3 Å². The number of nitrogens with zero attached hydrogens (tertiary/aromatic N) is 6.